The molecule has 1 heterocycles. The van der Waals surface area contributed by atoms with Gasteiger partial charge in [0, 0.05) is 12.2 Å². The Hall–Kier alpha value is -1.09. The molecule has 1 aromatic rings. The quantitative estimate of drug-likeness (QED) is 0.840. The van der Waals surface area contributed by atoms with Gasteiger partial charge in [0.2, 0.25) is 0 Å². The van der Waals surface area contributed by atoms with E-state index >= 15 is 0 Å². The van der Waals surface area contributed by atoms with Crippen molar-refractivity contribution in [2.45, 2.75) is 20.3 Å². The molecule has 1 aromatic carbocycles. The molecule has 1 aliphatic rings. The van der Waals surface area contributed by atoms with Crippen molar-refractivity contribution < 1.29 is 4.39 Å². The second-order valence-corrected chi connectivity index (χ2v) is 5.30. The van der Waals surface area contributed by atoms with E-state index in [1.807, 2.05) is 6.07 Å². The highest BCUT2D eigenvalue weighted by atomic mass is 19.1. The molecule has 1 aliphatic heterocycles. The molecule has 3 heteroatoms. The van der Waals surface area contributed by atoms with Gasteiger partial charge < -0.3 is 10.6 Å². The van der Waals surface area contributed by atoms with Crippen LogP contribution < -0.4 is 10.6 Å². The minimum Gasteiger partial charge on any atom is -0.384 e. The number of anilines is 1. The maximum Gasteiger partial charge on any atom is 0.123 e. The van der Waals surface area contributed by atoms with E-state index in [1.165, 1.54) is 6.07 Å². The molecule has 2 nitrogen and oxygen atoms in total. The third kappa shape index (κ3) is 3.43. The molecule has 17 heavy (non-hydrogen) atoms. The van der Waals surface area contributed by atoms with E-state index in [0.29, 0.717) is 11.8 Å². The van der Waals surface area contributed by atoms with E-state index < -0.39 is 0 Å². The van der Waals surface area contributed by atoms with E-state index in [9.17, 15) is 4.39 Å². The molecule has 1 atom stereocenters. The van der Waals surface area contributed by atoms with Crippen LogP contribution in [0, 0.1) is 17.7 Å². The average molecular weight is 236 g/mol. The van der Waals surface area contributed by atoms with Gasteiger partial charge in [-0.1, -0.05) is 13.8 Å². The van der Waals surface area contributed by atoms with Crippen molar-refractivity contribution >= 4 is 5.69 Å². The molecule has 0 spiro atoms. The molecule has 2 rings (SSSR count). The lowest BCUT2D eigenvalue weighted by molar-refractivity contribution is 0.454. The largest absolute Gasteiger partial charge is 0.384 e. The standard InChI is InChI=1S/C14H21FN2/c1-10(2)7-16-8-11-5-12-6-13(15)3-4-14(12)17-9-11/h3-4,6,10-11,16-17H,5,7-9H2,1-2H3. The first-order chi connectivity index (χ1) is 8.15. The van der Waals surface area contributed by atoms with Crippen molar-refractivity contribution in [3.63, 3.8) is 0 Å². The molecule has 0 radical (unpaired) electrons. The lowest BCUT2D eigenvalue weighted by atomic mass is 9.94. The van der Waals surface area contributed by atoms with Gasteiger partial charge in [-0.15, -0.1) is 0 Å². The van der Waals surface area contributed by atoms with Crippen LogP contribution in [0.3, 0.4) is 0 Å². The molecule has 0 bridgehead atoms. The van der Waals surface area contributed by atoms with Crippen LogP contribution in [0.15, 0.2) is 18.2 Å². The molecule has 0 amide bonds. The lowest BCUT2D eigenvalue weighted by Crippen LogP contribution is -2.34. The third-order valence-electron chi connectivity index (χ3n) is 3.14. The predicted molar refractivity (Wildman–Crippen MR) is 69.8 cm³/mol. The summed E-state index contributed by atoms with van der Waals surface area (Å²) in [4.78, 5) is 0. The molecular weight excluding hydrogens is 215 g/mol. The molecule has 0 saturated heterocycles. The second kappa shape index (κ2) is 5.50. The number of hydrogen-bond donors (Lipinski definition) is 2. The second-order valence-electron chi connectivity index (χ2n) is 5.30. The number of halogens is 1. The summed E-state index contributed by atoms with van der Waals surface area (Å²) in [5.41, 5.74) is 2.19. The molecule has 1 unspecified atom stereocenters. The van der Waals surface area contributed by atoms with Crippen molar-refractivity contribution in [1.29, 1.82) is 0 Å². The SMILES string of the molecule is CC(C)CNCC1CNc2ccc(F)cc2C1. The highest BCUT2D eigenvalue weighted by molar-refractivity contribution is 5.53. The summed E-state index contributed by atoms with van der Waals surface area (Å²) in [7, 11) is 0. The normalized spacial score (nSPS) is 18.9. The number of fused-ring (bicyclic) bond motifs is 1. The van der Waals surface area contributed by atoms with Gasteiger partial charge >= 0.3 is 0 Å². The summed E-state index contributed by atoms with van der Waals surface area (Å²) >= 11 is 0. The first kappa shape index (κ1) is 12.4. The Balaban J connectivity index is 1.89. The minimum atomic E-state index is -0.138. The summed E-state index contributed by atoms with van der Waals surface area (Å²) < 4.78 is 13.1. The topological polar surface area (TPSA) is 24.1 Å². The summed E-state index contributed by atoms with van der Waals surface area (Å²) in [6.45, 7) is 7.44. The van der Waals surface area contributed by atoms with E-state index in [1.54, 1.807) is 6.07 Å². The molecule has 0 fully saturated rings. The van der Waals surface area contributed by atoms with Crippen molar-refractivity contribution in [3.05, 3.63) is 29.6 Å². The predicted octanol–water partition coefficient (Wildman–Crippen LogP) is 2.66. The number of hydrogen-bond acceptors (Lipinski definition) is 2. The fraction of sp³-hybridized carbons (Fsp3) is 0.571. The molecule has 0 aromatic heterocycles. The zero-order valence-corrected chi connectivity index (χ0v) is 10.6. The Morgan fingerprint density at radius 2 is 2.29 bits per heavy atom. The van der Waals surface area contributed by atoms with Crippen LogP contribution in [-0.2, 0) is 6.42 Å². The fourth-order valence-corrected chi connectivity index (χ4v) is 2.26. The van der Waals surface area contributed by atoms with Crippen LogP contribution in [0.1, 0.15) is 19.4 Å². The highest BCUT2D eigenvalue weighted by Crippen LogP contribution is 2.25. The Kier molecular flexibility index (Phi) is 4.00. The van der Waals surface area contributed by atoms with Crippen LogP contribution >= 0.6 is 0 Å². The monoisotopic (exact) mass is 236 g/mol. The molecule has 94 valence electrons. The average Bonchev–Trinajstić information content (AvgIpc) is 2.28. The molecular formula is C14H21FN2. The van der Waals surface area contributed by atoms with Gasteiger partial charge in [0.15, 0.2) is 0 Å². The Morgan fingerprint density at radius 1 is 1.47 bits per heavy atom. The lowest BCUT2D eigenvalue weighted by Gasteiger charge is -2.26. The van der Waals surface area contributed by atoms with Crippen molar-refractivity contribution in [2.24, 2.45) is 11.8 Å². The number of nitrogens with one attached hydrogen (secondary N) is 2. The Labute approximate surface area is 103 Å². The summed E-state index contributed by atoms with van der Waals surface area (Å²) in [5, 5.41) is 6.84. The van der Waals surface area contributed by atoms with Gasteiger partial charge in [-0.3, -0.25) is 0 Å². The van der Waals surface area contributed by atoms with E-state index in [2.05, 4.69) is 24.5 Å². The van der Waals surface area contributed by atoms with E-state index in [-0.39, 0.29) is 5.82 Å². The summed E-state index contributed by atoms with van der Waals surface area (Å²) in [5.74, 6) is 1.10. The highest BCUT2D eigenvalue weighted by Gasteiger charge is 2.18. The van der Waals surface area contributed by atoms with Gasteiger partial charge in [0.05, 0.1) is 0 Å². The van der Waals surface area contributed by atoms with Gasteiger partial charge in [-0.05, 0) is 55.1 Å². The summed E-state index contributed by atoms with van der Waals surface area (Å²) in [6.07, 6.45) is 0.963. The Bertz CT molecular complexity index is 376. The first-order valence-corrected chi connectivity index (χ1v) is 6.38. The molecule has 0 saturated carbocycles. The van der Waals surface area contributed by atoms with E-state index in [4.69, 9.17) is 0 Å². The van der Waals surface area contributed by atoms with Crippen LogP contribution in [0.4, 0.5) is 10.1 Å². The van der Waals surface area contributed by atoms with Gasteiger partial charge in [0.1, 0.15) is 5.82 Å². The molecule has 0 aliphatic carbocycles. The van der Waals surface area contributed by atoms with Crippen molar-refractivity contribution in [1.82, 2.24) is 5.32 Å². The first-order valence-electron chi connectivity index (χ1n) is 6.38. The maximum atomic E-state index is 13.1. The number of benzene rings is 1. The smallest absolute Gasteiger partial charge is 0.123 e. The zero-order chi connectivity index (χ0) is 12.3. The third-order valence-corrected chi connectivity index (χ3v) is 3.14. The van der Waals surface area contributed by atoms with Crippen molar-refractivity contribution in [3.8, 4) is 0 Å². The Morgan fingerprint density at radius 3 is 3.06 bits per heavy atom. The van der Waals surface area contributed by atoms with Crippen molar-refractivity contribution in [2.75, 3.05) is 25.0 Å². The number of rotatable bonds is 4. The van der Waals surface area contributed by atoms with Crippen LogP contribution in [0.5, 0.6) is 0 Å². The van der Waals surface area contributed by atoms with Gasteiger partial charge in [-0.2, -0.15) is 0 Å². The van der Waals surface area contributed by atoms with Crippen LogP contribution in [0.2, 0.25) is 0 Å². The zero-order valence-electron chi connectivity index (χ0n) is 10.6. The fourth-order valence-electron chi connectivity index (χ4n) is 2.26. The molecule has 2 N–H and O–H groups in total. The van der Waals surface area contributed by atoms with Gasteiger partial charge in [0.25, 0.3) is 0 Å². The van der Waals surface area contributed by atoms with Gasteiger partial charge in [-0.25, -0.2) is 4.39 Å². The summed E-state index contributed by atoms with van der Waals surface area (Å²) in [6, 6.07) is 5.00. The van der Waals surface area contributed by atoms with Crippen LogP contribution in [-0.4, -0.2) is 19.6 Å². The van der Waals surface area contributed by atoms with Crippen LogP contribution in [0.25, 0.3) is 0 Å². The maximum absolute atomic E-state index is 13.1. The van der Waals surface area contributed by atoms with E-state index in [0.717, 1.165) is 37.3 Å². The minimum absolute atomic E-state index is 0.138.